The highest BCUT2D eigenvalue weighted by Crippen LogP contribution is 2.11. The van der Waals surface area contributed by atoms with Gasteiger partial charge in [0.1, 0.15) is 6.61 Å². The molecule has 5 heteroatoms. The molecule has 0 aromatic carbocycles. The SMILES string of the molecule is CCC(N)c1nnc(COC)o1. The van der Waals surface area contributed by atoms with Crippen LogP contribution in [0.2, 0.25) is 0 Å². The van der Waals surface area contributed by atoms with Crippen molar-refractivity contribution in [2.45, 2.75) is 26.0 Å². The van der Waals surface area contributed by atoms with Crippen LogP contribution in [0.15, 0.2) is 4.42 Å². The highest BCUT2D eigenvalue weighted by atomic mass is 16.5. The second-order valence-electron chi connectivity index (χ2n) is 2.48. The lowest BCUT2D eigenvalue weighted by atomic mass is 10.2. The maximum absolute atomic E-state index is 5.67. The first-order chi connectivity index (χ1) is 5.77. The van der Waals surface area contributed by atoms with E-state index in [1.54, 1.807) is 7.11 Å². The molecule has 0 aliphatic heterocycles. The number of hydrogen-bond acceptors (Lipinski definition) is 5. The van der Waals surface area contributed by atoms with Gasteiger partial charge in [0.25, 0.3) is 0 Å². The van der Waals surface area contributed by atoms with Gasteiger partial charge in [-0.1, -0.05) is 6.92 Å². The Morgan fingerprint density at radius 2 is 2.33 bits per heavy atom. The van der Waals surface area contributed by atoms with Crippen LogP contribution in [0.25, 0.3) is 0 Å². The summed E-state index contributed by atoms with van der Waals surface area (Å²) in [6.45, 7) is 2.30. The van der Waals surface area contributed by atoms with Crippen LogP contribution in [-0.2, 0) is 11.3 Å². The van der Waals surface area contributed by atoms with E-state index < -0.39 is 0 Å². The summed E-state index contributed by atoms with van der Waals surface area (Å²) in [5, 5.41) is 7.54. The summed E-state index contributed by atoms with van der Waals surface area (Å²) in [5.41, 5.74) is 5.67. The minimum absolute atomic E-state index is 0.164. The van der Waals surface area contributed by atoms with Crippen LogP contribution in [0.1, 0.15) is 31.2 Å². The molecule has 1 aromatic heterocycles. The van der Waals surface area contributed by atoms with Crippen molar-refractivity contribution in [1.82, 2.24) is 10.2 Å². The fourth-order valence-corrected chi connectivity index (χ4v) is 0.773. The van der Waals surface area contributed by atoms with E-state index in [2.05, 4.69) is 10.2 Å². The lowest BCUT2D eigenvalue weighted by Crippen LogP contribution is -2.08. The molecule has 1 rings (SSSR count). The summed E-state index contributed by atoms with van der Waals surface area (Å²) >= 11 is 0. The van der Waals surface area contributed by atoms with Gasteiger partial charge < -0.3 is 14.9 Å². The van der Waals surface area contributed by atoms with E-state index in [4.69, 9.17) is 14.9 Å². The third-order valence-corrected chi connectivity index (χ3v) is 1.51. The number of rotatable bonds is 4. The van der Waals surface area contributed by atoms with Crippen molar-refractivity contribution in [3.63, 3.8) is 0 Å². The molecule has 0 spiro atoms. The van der Waals surface area contributed by atoms with Crippen LogP contribution in [0.3, 0.4) is 0 Å². The van der Waals surface area contributed by atoms with Crippen LogP contribution >= 0.6 is 0 Å². The lowest BCUT2D eigenvalue weighted by molar-refractivity contribution is 0.157. The molecule has 0 saturated carbocycles. The topological polar surface area (TPSA) is 74.2 Å². The van der Waals surface area contributed by atoms with Crippen LogP contribution in [0, 0.1) is 0 Å². The molecule has 1 atom stereocenters. The fourth-order valence-electron chi connectivity index (χ4n) is 0.773. The van der Waals surface area contributed by atoms with Crippen molar-refractivity contribution in [2.75, 3.05) is 7.11 Å². The van der Waals surface area contributed by atoms with E-state index in [1.165, 1.54) is 0 Å². The quantitative estimate of drug-likeness (QED) is 0.719. The van der Waals surface area contributed by atoms with Crippen molar-refractivity contribution >= 4 is 0 Å². The smallest absolute Gasteiger partial charge is 0.242 e. The van der Waals surface area contributed by atoms with Gasteiger partial charge in [-0.25, -0.2) is 0 Å². The molecule has 2 N–H and O–H groups in total. The van der Waals surface area contributed by atoms with E-state index in [0.717, 1.165) is 6.42 Å². The number of hydrogen-bond donors (Lipinski definition) is 1. The summed E-state index contributed by atoms with van der Waals surface area (Å²) < 4.78 is 10.0. The Morgan fingerprint density at radius 1 is 1.58 bits per heavy atom. The molecule has 1 unspecified atom stereocenters. The molecule has 68 valence electrons. The number of nitrogens with zero attached hydrogens (tertiary/aromatic N) is 2. The van der Waals surface area contributed by atoms with E-state index in [0.29, 0.717) is 18.4 Å². The van der Waals surface area contributed by atoms with Crippen molar-refractivity contribution in [3.8, 4) is 0 Å². The first-order valence-electron chi connectivity index (χ1n) is 3.84. The van der Waals surface area contributed by atoms with Crippen LogP contribution in [-0.4, -0.2) is 17.3 Å². The number of ether oxygens (including phenoxy) is 1. The Labute approximate surface area is 70.9 Å². The molecule has 0 saturated heterocycles. The Bertz CT molecular complexity index is 236. The molecule has 1 aromatic rings. The van der Waals surface area contributed by atoms with Crippen molar-refractivity contribution in [3.05, 3.63) is 11.8 Å². The number of nitrogens with two attached hydrogens (primary N) is 1. The normalized spacial score (nSPS) is 13.2. The molecular weight excluding hydrogens is 158 g/mol. The second kappa shape index (κ2) is 4.18. The third kappa shape index (κ3) is 2.02. The molecule has 0 bridgehead atoms. The summed E-state index contributed by atoms with van der Waals surface area (Å²) in [7, 11) is 1.57. The second-order valence-corrected chi connectivity index (χ2v) is 2.48. The van der Waals surface area contributed by atoms with Gasteiger partial charge in [-0.2, -0.15) is 0 Å². The fraction of sp³-hybridized carbons (Fsp3) is 0.714. The van der Waals surface area contributed by atoms with Gasteiger partial charge in [0.05, 0.1) is 6.04 Å². The van der Waals surface area contributed by atoms with E-state index >= 15 is 0 Å². The lowest BCUT2D eigenvalue weighted by Gasteiger charge is -1.99. The zero-order chi connectivity index (χ0) is 8.97. The molecule has 12 heavy (non-hydrogen) atoms. The molecule has 1 heterocycles. The summed E-state index contributed by atoms with van der Waals surface area (Å²) in [6, 6.07) is -0.164. The van der Waals surface area contributed by atoms with E-state index in [-0.39, 0.29) is 6.04 Å². The Morgan fingerprint density at radius 3 is 2.92 bits per heavy atom. The van der Waals surface area contributed by atoms with Gasteiger partial charge in [0.2, 0.25) is 11.8 Å². The molecule has 0 amide bonds. The van der Waals surface area contributed by atoms with Crippen molar-refractivity contribution in [2.24, 2.45) is 5.73 Å². The predicted molar refractivity (Wildman–Crippen MR) is 42.2 cm³/mol. The van der Waals surface area contributed by atoms with Crippen molar-refractivity contribution < 1.29 is 9.15 Å². The largest absolute Gasteiger partial charge is 0.421 e. The first-order valence-corrected chi connectivity index (χ1v) is 3.84. The van der Waals surface area contributed by atoms with E-state index in [9.17, 15) is 0 Å². The molecule has 0 fully saturated rings. The first kappa shape index (κ1) is 9.15. The number of methoxy groups -OCH3 is 1. The zero-order valence-corrected chi connectivity index (χ0v) is 7.28. The maximum atomic E-state index is 5.67. The maximum Gasteiger partial charge on any atom is 0.242 e. The van der Waals surface area contributed by atoms with Gasteiger partial charge in [0, 0.05) is 7.11 Å². The monoisotopic (exact) mass is 171 g/mol. The standard InChI is InChI=1S/C7H13N3O2/c1-3-5(8)7-10-9-6(12-7)4-11-2/h5H,3-4,8H2,1-2H3. The average molecular weight is 171 g/mol. The Balaban J connectivity index is 2.63. The predicted octanol–water partition coefficient (Wildman–Crippen LogP) is 0.626. The molecule has 5 nitrogen and oxygen atoms in total. The molecule has 0 aliphatic rings. The van der Waals surface area contributed by atoms with Crippen molar-refractivity contribution in [1.29, 1.82) is 0 Å². The summed E-state index contributed by atoms with van der Waals surface area (Å²) in [4.78, 5) is 0. The molecule has 0 radical (unpaired) electrons. The zero-order valence-electron chi connectivity index (χ0n) is 7.28. The van der Waals surface area contributed by atoms with Gasteiger partial charge in [-0.3, -0.25) is 0 Å². The number of aromatic nitrogens is 2. The summed E-state index contributed by atoms with van der Waals surface area (Å²) in [5.74, 6) is 0.945. The molecular formula is C7H13N3O2. The Hall–Kier alpha value is -0.940. The van der Waals surface area contributed by atoms with Crippen LogP contribution in [0.4, 0.5) is 0 Å². The average Bonchev–Trinajstić information content (AvgIpc) is 2.52. The Kier molecular flexibility index (Phi) is 3.19. The van der Waals surface area contributed by atoms with Crippen LogP contribution < -0.4 is 5.73 Å². The molecule has 0 aliphatic carbocycles. The minimum atomic E-state index is -0.164. The van der Waals surface area contributed by atoms with Gasteiger partial charge >= 0.3 is 0 Å². The van der Waals surface area contributed by atoms with Gasteiger partial charge in [0.15, 0.2) is 0 Å². The van der Waals surface area contributed by atoms with Gasteiger partial charge in [-0.15, -0.1) is 10.2 Å². The third-order valence-electron chi connectivity index (χ3n) is 1.51. The highest BCUT2D eigenvalue weighted by molar-refractivity contribution is 4.86. The van der Waals surface area contributed by atoms with E-state index in [1.807, 2.05) is 6.92 Å². The summed E-state index contributed by atoms with van der Waals surface area (Å²) in [6.07, 6.45) is 0.786. The van der Waals surface area contributed by atoms with Gasteiger partial charge in [-0.05, 0) is 6.42 Å². The highest BCUT2D eigenvalue weighted by Gasteiger charge is 2.11. The minimum Gasteiger partial charge on any atom is -0.421 e. The van der Waals surface area contributed by atoms with Crippen LogP contribution in [0.5, 0.6) is 0 Å².